The van der Waals surface area contributed by atoms with Crippen molar-refractivity contribution in [3.8, 4) is 5.88 Å². The van der Waals surface area contributed by atoms with E-state index in [-0.39, 0.29) is 6.10 Å². The van der Waals surface area contributed by atoms with Crippen molar-refractivity contribution < 1.29 is 27.8 Å². The van der Waals surface area contributed by atoms with Gasteiger partial charge in [-0.1, -0.05) is 0 Å². The molecule has 6 nitrogen and oxygen atoms in total. The molecule has 2 N–H and O–H groups in total. The molecule has 19 heavy (non-hydrogen) atoms. The van der Waals surface area contributed by atoms with Crippen molar-refractivity contribution in [3.63, 3.8) is 0 Å². The summed E-state index contributed by atoms with van der Waals surface area (Å²) >= 11 is 3.25. The van der Waals surface area contributed by atoms with Crippen LogP contribution in [0.2, 0.25) is 0 Å². The van der Waals surface area contributed by atoms with Crippen molar-refractivity contribution in [1.29, 1.82) is 0 Å². The van der Waals surface area contributed by atoms with E-state index in [0.717, 1.165) is 17.7 Å². The third-order valence-corrected chi connectivity index (χ3v) is 2.32. The fourth-order valence-electron chi connectivity index (χ4n) is 0.898. The fraction of sp³-hybridized carbons (Fsp3) is 0.444. The van der Waals surface area contributed by atoms with Crippen LogP contribution in [0.5, 0.6) is 5.88 Å². The van der Waals surface area contributed by atoms with E-state index in [1.807, 2.05) is 0 Å². The number of hydrogen-bond acceptors (Lipinski definition) is 5. The van der Waals surface area contributed by atoms with Crippen LogP contribution in [0.3, 0.4) is 0 Å². The normalized spacial score (nSPS) is 14.9. The van der Waals surface area contributed by atoms with E-state index < -0.39 is 12.1 Å². The van der Waals surface area contributed by atoms with Gasteiger partial charge in [-0.2, -0.15) is 13.2 Å². The number of carboxylic acids is 1. The molecule has 2 rings (SSSR count). The van der Waals surface area contributed by atoms with Crippen LogP contribution in [-0.4, -0.2) is 46.4 Å². The smallest absolute Gasteiger partial charge is 0.475 e. The summed E-state index contributed by atoms with van der Waals surface area (Å²) in [5.74, 6) is -2.13. The molecule has 0 aliphatic carbocycles. The second kappa shape index (κ2) is 6.66. The van der Waals surface area contributed by atoms with E-state index in [1.165, 1.54) is 6.33 Å². The first-order valence-corrected chi connectivity index (χ1v) is 5.73. The van der Waals surface area contributed by atoms with Gasteiger partial charge in [0.05, 0.1) is 0 Å². The standard InChI is InChI=1S/C7H8BrN3O.C2HF3O2/c8-6-1-7(11-4-10-6)12-5-2-9-3-5;3-2(4,5)1(6)7/h1,4-5,9H,2-3H2;(H,6,7). The molecule has 0 atom stereocenters. The van der Waals surface area contributed by atoms with Gasteiger partial charge in [0, 0.05) is 19.2 Å². The van der Waals surface area contributed by atoms with Gasteiger partial charge < -0.3 is 15.2 Å². The number of nitrogens with one attached hydrogen (secondary N) is 1. The fourth-order valence-corrected chi connectivity index (χ4v) is 1.19. The molecule has 1 aliphatic heterocycles. The number of nitrogens with zero attached hydrogens (tertiary/aromatic N) is 2. The Morgan fingerprint density at radius 2 is 2.05 bits per heavy atom. The second-order valence-corrected chi connectivity index (χ2v) is 4.19. The van der Waals surface area contributed by atoms with E-state index in [9.17, 15) is 13.2 Å². The molecule has 0 aromatic carbocycles. The van der Waals surface area contributed by atoms with Crippen molar-refractivity contribution in [2.75, 3.05) is 13.1 Å². The topological polar surface area (TPSA) is 84.3 Å². The largest absolute Gasteiger partial charge is 0.490 e. The number of rotatable bonds is 2. The molecule has 0 bridgehead atoms. The van der Waals surface area contributed by atoms with Crippen LogP contribution >= 0.6 is 15.9 Å². The summed E-state index contributed by atoms with van der Waals surface area (Å²) in [6, 6.07) is 1.76. The number of aliphatic carboxylic acids is 1. The number of ether oxygens (including phenoxy) is 1. The van der Waals surface area contributed by atoms with Gasteiger partial charge in [-0.15, -0.1) is 0 Å². The Kier molecular flexibility index (Phi) is 5.48. The maximum Gasteiger partial charge on any atom is 0.490 e. The lowest BCUT2D eigenvalue weighted by atomic mass is 10.2. The lowest BCUT2D eigenvalue weighted by molar-refractivity contribution is -0.192. The Morgan fingerprint density at radius 1 is 1.47 bits per heavy atom. The molecular weight excluding hydrogens is 335 g/mol. The Labute approximate surface area is 114 Å². The van der Waals surface area contributed by atoms with E-state index in [0.29, 0.717) is 5.88 Å². The summed E-state index contributed by atoms with van der Waals surface area (Å²) in [6.45, 7) is 1.81. The van der Waals surface area contributed by atoms with Crippen molar-refractivity contribution in [3.05, 3.63) is 17.0 Å². The van der Waals surface area contributed by atoms with Crippen LogP contribution < -0.4 is 10.1 Å². The van der Waals surface area contributed by atoms with Gasteiger partial charge >= 0.3 is 12.1 Å². The van der Waals surface area contributed by atoms with Crippen LogP contribution in [0.25, 0.3) is 0 Å². The summed E-state index contributed by atoms with van der Waals surface area (Å²) in [5, 5.41) is 10.2. The zero-order valence-electron chi connectivity index (χ0n) is 9.32. The highest BCUT2D eigenvalue weighted by Crippen LogP contribution is 2.14. The van der Waals surface area contributed by atoms with Crippen molar-refractivity contribution in [2.45, 2.75) is 12.3 Å². The lowest BCUT2D eigenvalue weighted by Gasteiger charge is -2.26. The van der Waals surface area contributed by atoms with Crippen LogP contribution in [0, 0.1) is 0 Å². The minimum absolute atomic E-state index is 0.270. The molecule has 0 unspecified atom stereocenters. The molecular formula is C9H9BrF3N3O3. The average Bonchev–Trinajstić information content (AvgIpc) is 2.23. The van der Waals surface area contributed by atoms with Crippen molar-refractivity contribution in [2.24, 2.45) is 0 Å². The van der Waals surface area contributed by atoms with Gasteiger partial charge in [-0.3, -0.25) is 0 Å². The minimum Gasteiger partial charge on any atom is -0.475 e. The summed E-state index contributed by atoms with van der Waals surface area (Å²) in [6.07, 6.45) is -3.34. The summed E-state index contributed by atoms with van der Waals surface area (Å²) in [4.78, 5) is 16.8. The molecule has 1 aliphatic rings. The summed E-state index contributed by atoms with van der Waals surface area (Å²) in [7, 11) is 0. The number of hydrogen-bond donors (Lipinski definition) is 2. The Hall–Kier alpha value is -1.42. The zero-order valence-corrected chi connectivity index (χ0v) is 10.9. The SMILES string of the molecule is Brc1cc(OC2CNC2)ncn1.O=C(O)C(F)(F)F. The first-order valence-electron chi connectivity index (χ1n) is 4.94. The van der Waals surface area contributed by atoms with Crippen LogP contribution in [0.4, 0.5) is 13.2 Å². The molecule has 10 heteroatoms. The molecule has 106 valence electrons. The minimum atomic E-state index is -5.08. The van der Waals surface area contributed by atoms with Gasteiger partial charge in [-0.25, -0.2) is 14.8 Å². The molecule has 0 saturated carbocycles. The van der Waals surface area contributed by atoms with Crippen molar-refractivity contribution in [1.82, 2.24) is 15.3 Å². The highest BCUT2D eigenvalue weighted by atomic mass is 79.9. The molecule has 0 spiro atoms. The second-order valence-electron chi connectivity index (χ2n) is 3.38. The molecule has 1 fully saturated rings. The Balaban J connectivity index is 0.000000224. The monoisotopic (exact) mass is 343 g/mol. The van der Waals surface area contributed by atoms with Gasteiger partial charge in [0.15, 0.2) is 0 Å². The van der Waals surface area contributed by atoms with Gasteiger partial charge in [0.2, 0.25) is 5.88 Å². The molecule has 1 aromatic heterocycles. The van der Waals surface area contributed by atoms with Gasteiger partial charge in [0.1, 0.15) is 17.0 Å². The third-order valence-electron chi connectivity index (χ3n) is 1.88. The molecule has 2 heterocycles. The first kappa shape index (κ1) is 15.6. The van der Waals surface area contributed by atoms with Crippen molar-refractivity contribution >= 4 is 21.9 Å². The van der Waals surface area contributed by atoms with E-state index in [2.05, 4.69) is 31.2 Å². The van der Waals surface area contributed by atoms with Gasteiger partial charge in [0.25, 0.3) is 0 Å². The summed E-state index contributed by atoms with van der Waals surface area (Å²) in [5.41, 5.74) is 0. The van der Waals surface area contributed by atoms with E-state index in [1.54, 1.807) is 6.07 Å². The number of carboxylic acid groups (broad SMARTS) is 1. The van der Waals surface area contributed by atoms with Crippen LogP contribution in [-0.2, 0) is 4.79 Å². The highest BCUT2D eigenvalue weighted by molar-refractivity contribution is 9.10. The molecule has 1 aromatic rings. The van der Waals surface area contributed by atoms with Gasteiger partial charge in [-0.05, 0) is 15.9 Å². The average molecular weight is 344 g/mol. The number of carbonyl (C=O) groups is 1. The Morgan fingerprint density at radius 3 is 2.42 bits per heavy atom. The summed E-state index contributed by atoms with van der Waals surface area (Å²) < 4.78 is 38.0. The maximum atomic E-state index is 10.6. The predicted molar refractivity (Wildman–Crippen MR) is 60.7 cm³/mol. The lowest BCUT2D eigenvalue weighted by Crippen LogP contribution is -2.50. The zero-order chi connectivity index (χ0) is 14.5. The molecule has 0 radical (unpaired) electrons. The Bertz CT molecular complexity index is 440. The third kappa shape index (κ3) is 5.83. The molecule has 0 amide bonds. The molecule has 1 saturated heterocycles. The first-order chi connectivity index (χ1) is 8.79. The predicted octanol–water partition coefficient (Wildman–Crippen LogP) is 1.22. The van der Waals surface area contributed by atoms with Crippen LogP contribution in [0.15, 0.2) is 17.0 Å². The number of alkyl halides is 3. The maximum absolute atomic E-state index is 10.6. The van der Waals surface area contributed by atoms with Crippen LogP contribution in [0.1, 0.15) is 0 Å². The van der Waals surface area contributed by atoms with E-state index >= 15 is 0 Å². The quantitative estimate of drug-likeness (QED) is 0.785. The number of halogens is 4. The van der Waals surface area contributed by atoms with E-state index in [4.69, 9.17) is 14.6 Å². The number of aromatic nitrogens is 2. The highest BCUT2D eigenvalue weighted by Gasteiger charge is 2.38.